The highest BCUT2D eigenvalue weighted by molar-refractivity contribution is 8.00. The molecule has 198 valence electrons. The summed E-state index contributed by atoms with van der Waals surface area (Å²) in [5.74, 6) is 0.232. The molecule has 4 heterocycles. The van der Waals surface area contributed by atoms with E-state index in [0.29, 0.717) is 31.5 Å². The van der Waals surface area contributed by atoms with Crippen LogP contribution in [0.25, 0.3) is 0 Å². The summed E-state index contributed by atoms with van der Waals surface area (Å²) in [6, 6.07) is 2.19. The second-order valence-corrected chi connectivity index (χ2v) is 11.2. The molecule has 1 aromatic rings. The predicted octanol–water partition coefficient (Wildman–Crippen LogP) is 1.10. The van der Waals surface area contributed by atoms with E-state index in [1.54, 1.807) is 11.8 Å². The number of amidine groups is 1. The monoisotopic (exact) mass is 524 g/mol. The molecule has 0 spiro atoms. The van der Waals surface area contributed by atoms with E-state index in [-0.39, 0.29) is 23.4 Å². The second-order valence-electron chi connectivity index (χ2n) is 10.0. The van der Waals surface area contributed by atoms with Crippen molar-refractivity contribution in [2.24, 2.45) is 27.4 Å². The van der Waals surface area contributed by atoms with Gasteiger partial charge >= 0.3 is 6.02 Å². The maximum absolute atomic E-state index is 11.1. The zero-order valence-corrected chi connectivity index (χ0v) is 22.1. The molecule has 0 saturated carbocycles. The number of nitrogens with zero attached hydrogens (tertiary/aromatic N) is 6. The van der Waals surface area contributed by atoms with Crippen molar-refractivity contribution < 1.29 is 9.53 Å². The van der Waals surface area contributed by atoms with Crippen LogP contribution in [0.15, 0.2) is 57.1 Å². The number of aromatic nitrogens is 1. The number of carbonyl (C=O) groups is 1. The molecule has 11 heteroatoms. The standard InChI is InChI=1S/C26H36N8O2S/c1-32-21-14-29-8-7-22(21)37-25(32)24(28)20-6-9-30-26(31-20)36-17-19-4-2-18(3-5-19)15-33-10-12-34(13-11-33)16-23(27)35/h2,4-5,7-9,14,18,20,24-25H,3,6,10-13,15-17,28H2,1H3,(H2,27,35). The Morgan fingerprint density at radius 1 is 1.24 bits per heavy atom. The molecular formula is C26H36N8O2S. The van der Waals surface area contributed by atoms with E-state index in [1.165, 1.54) is 4.90 Å². The fourth-order valence-corrected chi connectivity index (χ4v) is 6.50. The number of hydrogen-bond acceptors (Lipinski definition) is 10. The Balaban J connectivity index is 1.07. The van der Waals surface area contributed by atoms with Crippen molar-refractivity contribution in [1.29, 1.82) is 0 Å². The summed E-state index contributed by atoms with van der Waals surface area (Å²) >= 11 is 1.76. The van der Waals surface area contributed by atoms with Crippen LogP contribution in [-0.2, 0) is 9.53 Å². The number of hydrogen-bond donors (Lipinski definition) is 2. The molecule has 5 rings (SSSR count). The van der Waals surface area contributed by atoms with E-state index in [9.17, 15) is 4.79 Å². The normalized spacial score (nSPS) is 27.0. The third-order valence-corrected chi connectivity index (χ3v) is 8.81. The number of anilines is 1. The molecule has 1 aliphatic carbocycles. The Labute approximate surface area is 222 Å². The summed E-state index contributed by atoms with van der Waals surface area (Å²) < 4.78 is 5.98. The van der Waals surface area contributed by atoms with Gasteiger partial charge in [-0.1, -0.05) is 30.0 Å². The number of likely N-dealkylation sites (N-methyl/N-ethyl adjacent to an activating group) is 1. The molecule has 4 atom stereocenters. The fourth-order valence-electron chi connectivity index (χ4n) is 5.18. The first-order valence-electron chi connectivity index (χ1n) is 12.9. The van der Waals surface area contributed by atoms with E-state index in [4.69, 9.17) is 21.2 Å². The van der Waals surface area contributed by atoms with Crippen molar-refractivity contribution in [3.63, 3.8) is 0 Å². The van der Waals surface area contributed by atoms with Gasteiger partial charge in [-0.3, -0.25) is 14.7 Å². The molecule has 1 saturated heterocycles. The number of allylic oxidation sites excluding steroid dienone is 1. The first-order chi connectivity index (χ1) is 18.0. The number of fused-ring (bicyclic) bond motifs is 1. The lowest BCUT2D eigenvalue weighted by molar-refractivity contribution is -0.119. The SMILES string of the molecule is CN1c2cnccc2SC1C(N)C1CC=NC(OCC2=CCC(CN3CCN(CC(N)=O)CC3)C=C2)=N1. The van der Waals surface area contributed by atoms with Crippen LogP contribution in [0.5, 0.6) is 0 Å². The molecule has 4 aliphatic rings. The third-order valence-electron chi connectivity index (χ3n) is 7.34. The molecule has 4 unspecified atom stereocenters. The van der Waals surface area contributed by atoms with Gasteiger partial charge in [-0.2, -0.15) is 0 Å². The number of primary amides is 1. The van der Waals surface area contributed by atoms with Gasteiger partial charge in [0.2, 0.25) is 5.91 Å². The Morgan fingerprint density at radius 3 is 2.78 bits per heavy atom. The second kappa shape index (κ2) is 11.8. The minimum Gasteiger partial charge on any atom is -0.459 e. The summed E-state index contributed by atoms with van der Waals surface area (Å²) in [6.07, 6.45) is 13.9. The molecule has 0 radical (unpaired) electrons. The Morgan fingerprint density at radius 2 is 2.05 bits per heavy atom. The van der Waals surface area contributed by atoms with Crippen LogP contribution in [-0.4, -0.2) is 103 Å². The first-order valence-corrected chi connectivity index (χ1v) is 13.8. The first kappa shape index (κ1) is 25.9. The average Bonchev–Trinajstić information content (AvgIpc) is 3.25. The van der Waals surface area contributed by atoms with E-state index in [0.717, 1.165) is 50.4 Å². The van der Waals surface area contributed by atoms with Crippen molar-refractivity contribution in [2.75, 3.05) is 57.8 Å². The van der Waals surface area contributed by atoms with Gasteiger partial charge < -0.3 is 26.0 Å². The lowest BCUT2D eigenvalue weighted by Gasteiger charge is -2.35. The molecule has 1 aromatic heterocycles. The minimum atomic E-state index is -0.254. The van der Waals surface area contributed by atoms with E-state index in [1.807, 2.05) is 24.7 Å². The van der Waals surface area contributed by atoms with Crippen LogP contribution in [0.3, 0.4) is 0 Å². The highest BCUT2D eigenvalue weighted by Gasteiger charge is 2.36. The molecular weight excluding hydrogens is 488 g/mol. The van der Waals surface area contributed by atoms with Gasteiger partial charge in [0, 0.05) is 63.5 Å². The van der Waals surface area contributed by atoms with E-state index >= 15 is 0 Å². The maximum Gasteiger partial charge on any atom is 0.311 e. The molecule has 4 N–H and O–H groups in total. The van der Waals surface area contributed by atoms with Crippen LogP contribution < -0.4 is 16.4 Å². The third kappa shape index (κ3) is 6.40. The van der Waals surface area contributed by atoms with Gasteiger partial charge in [0.15, 0.2) is 0 Å². The van der Waals surface area contributed by atoms with Gasteiger partial charge in [-0.05, 0) is 24.0 Å². The zero-order valence-electron chi connectivity index (χ0n) is 21.3. The number of carbonyl (C=O) groups excluding carboxylic acids is 1. The summed E-state index contributed by atoms with van der Waals surface area (Å²) in [7, 11) is 2.06. The Kier molecular flexibility index (Phi) is 8.23. The largest absolute Gasteiger partial charge is 0.459 e. The molecule has 1 fully saturated rings. The lowest BCUT2D eigenvalue weighted by Crippen LogP contribution is -2.49. The molecule has 0 bridgehead atoms. The molecule has 1 amide bonds. The number of aliphatic imine (C=N–C) groups is 2. The van der Waals surface area contributed by atoms with Gasteiger partial charge in [0.05, 0.1) is 35.9 Å². The summed E-state index contributed by atoms with van der Waals surface area (Å²) in [4.78, 5) is 32.5. The number of thioether (sulfide) groups is 1. The van der Waals surface area contributed by atoms with Crippen molar-refractivity contribution in [3.05, 3.63) is 42.3 Å². The van der Waals surface area contributed by atoms with Crippen molar-refractivity contribution >= 4 is 35.6 Å². The maximum atomic E-state index is 11.1. The number of pyridine rings is 1. The van der Waals surface area contributed by atoms with Gasteiger partial charge in [-0.25, -0.2) is 9.98 Å². The lowest BCUT2D eigenvalue weighted by atomic mass is 9.96. The quantitative estimate of drug-likeness (QED) is 0.518. The van der Waals surface area contributed by atoms with Crippen molar-refractivity contribution in [2.45, 2.75) is 35.2 Å². The minimum absolute atomic E-state index is 0.0848. The molecule has 0 aromatic carbocycles. The highest BCUT2D eigenvalue weighted by Crippen LogP contribution is 2.43. The number of rotatable bonds is 8. The zero-order chi connectivity index (χ0) is 25.8. The highest BCUT2D eigenvalue weighted by atomic mass is 32.2. The van der Waals surface area contributed by atoms with Gasteiger partial charge in [0.1, 0.15) is 6.61 Å². The molecule has 10 nitrogen and oxygen atoms in total. The summed E-state index contributed by atoms with van der Waals surface area (Å²) in [5.41, 5.74) is 14.3. The average molecular weight is 525 g/mol. The number of amides is 1. The van der Waals surface area contributed by atoms with Gasteiger partial charge in [-0.15, -0.1) is 0 Å². The fraction of sp³-hybridized carbons (Fsp3) is 0.538. The van der Waals surface area contributed by atoms with Crippen LogP contribution in [0.2, 0.25) is 0 Å². The summed E-state index contributed by atoms with van der Waals surface area (Å²) in [5, 5.41) is 0.0905. The number of piperazine rings is 1. The molecule has 37 heavy (non-hydrogen) atoms. The van der Waals surface area contributed by atoms with E-state index in [2.05, 4.69) is 50.0 Å². The van der Waals surface area contributed by atoms with Crippen LogP contribution in [0, 0.1) is 5.92 Å². The number of nitrogens with two attached hydrogens (primary N) is 2. The van der Waals surface area contributed by atoms with E-state index < -0.39 is 0 Å². The Bertz CT molecular complexity index is 1100. The van der Waals surface area contributed by atoms with Crippen molar-refractivity contribution in [3.8, 4) is 0 Å². The Hall–Kier alpha value is -2.73. The molecule has 3 aliphatic heterocycles. The van der Waals surface area contributed by atoms with Crippen LogP contribution in [0.1, 0.15) is 12.8 Å². The van der Waals surface area contributed by atoms with Gasteiger partial charge in [0.25, 0.3) is 0 Å². The van der Waals surface area contributed by atoms with Crippen molar-refractivity contribution in [1.82, 2.24) is 14.8 Å². The topological polar surface area (TPSA) is 126 Å². The smallest absolute Gasteiger partial charge is 0.311 e. The number of ether oxygens (including phenoxy) is 1. The van der Waals surface area contributed by atoms with Crippen LogP contribution in [0.4, 0.5) is 5.69 Å². The van der Waals surface area contributed by atoms with Crippen LogP contribution >= 0.6 is 11.8 Å². The predicted molar refractivity (Wildman–Crippen MR) is 148 cm³/mol. The summed E-state index contributed by atoms with van der Waals surface area (Å²) in [6.45, 7) is 5.54.